The molecule has 1 aromatic heterocycles. The van der Waals surface area contributed by atoms with Gasteiger partial charge in [-0.1, -0.05) is 33.6 Å². The number of carbonyl (C=O) groups is 1. The lowest BCUT2D eigenvalue weighted by atomic mass is 10.1. The summed E-state index contributed by atoms with van der Waals surface area (Å²) in [5.41, 5.74) is 0.743. The van der Waals surface area contributed by atoms with Crippen LogP contribution >= 0.6 is 27.5 Å². The number of carboxylic acids is 1. The number of aliphatic carboxylic acids is 1. The third kappa shape index (κ3) is 3.66. The molecule has 1 unspecified atom stereocenters. The van der Waals surface area contributed by atoms with E-state index in [-0.39, 0.29) is 11.5 Å². The minimum atomic E-state index is -0.796. The van der Waals surface area contributed by atoms with E-state index in [0.717, 1.165) is 4.47 Å². The van der Waals surface area contributed by atoms with E-state index in [1.807, 2.05) is 6.07 Å². The molecule has 2 aromatic carbocycles. The molecule has 0 saturated heterocycles. The van der Waals surface area contributed by atoms with Crippen LogP contribution in [0.15, 0.2) is 56.1 Å². The summed E-state index contributed by atoms with van der Waals surface area (Å²) in [7, 11) is 0. The first-order chi connectivity index (χ1) is 13.4. The summed E-state index contributed by atoms with van der Waals surface area (Å²) in [6.45, 7) is 0. The van der Waals surface area contributed by atoms with Gasteiger partial charge in [-0.15, -0.1) is 0 Å². The highest BCUT2D eigenvalue weighted by atomic mass is 79.9. The van der Waals surface area contributed by atoms with Crippen molar-refractivity contribution >= 4 is 44.5 Å². The van der Waals surface area contributed by atoms with E-state index >= 15 is 0 Å². The molecule has 144 valence electrons. The summed E-state index contributed by atoms with van der Waals surface area (Å²) in [4.78, 5) is 23.7. The van der Waals surface area contributed by atoms with Crippen molar-refractivity contribution in [2.24, 2.45) is 5.92 Å². The Labute approximate surface area is 174 Å². The lowest BCUT2D eigenvalue weighted by molar-refractivity contribution is -0.141. The zero-order chi connectivity index (χ0) is 19.8. The van der Waals surface area contributed by atoms with Gasteiger partial charge < -0.3 is 14.3 Å². The Hall–Kier alpha value is -2.31. The smallest absolute Gasteiger partial charge is 0.306 e. The lowest BCUT2D eigenvalue weighted by Crippen LogP contribution is -2.16. The van der Waals surface area contributed by atoms with E-state index in [1.165, 1.54) is 6.07 Å². The first kappa shape index (κ1) is 19.0. The van der Waals surface area contributed by atoms with Crippen LogP contribution in [-0.2, 0) is 4.79 Å². The molecule has 1 aliphatic rings. The number of ether oxygens (including phenoxy) is 1. The average molecular weight is 464 g/mol. The van der Waals surface area contributed by atoms with Crippen molar-refractivity contribution < 1.29 is 19.1 Å². The minimum absolute atomic E-state index is 0.195. The highest BCUT2D eigenvalue weighted by Crippen LogP contribution is 2.37. The Morgan fingerprint density at radius 3 is 2.79 bits per heavy atom. The fourth-order valence-electron chi connectivity index (χ4n) is 3.52. The van der Waals surface area contributed by atoms with Gasteiger partial charge in [0.25, 0.3) is 0 Å². The number of benzene rings is 2. The highest BCUT2D eigenvalue weighted by molar-refractivity contribution is 9.10. The van der Waals surface area contributed by atoms with Crippen LogP contribution in [0, 0.1) is 5.92 Å². The van der Waals surface area contributed by atoms with Crippen LogP contribution in [-0.4, -0.2) is 17.2 Å². The predicted molar refractivity (Wildman–Crippen MR) is 110 cm³/mol. The van der Waals surface area contributed by atoms with Crippen LogP contribution in [0.1, 0.15) is 19.3 Å². The Kier molecular flexibility index (Phi) is 5.17. The zero-order valence-electron chi connectivity index (χ0n) is 14.7. The topological polar surface area (TPSA) is 76.7 Å². The maximum Gasteiger partial charge on any atom is 0.306 e. The quantitative estimate of drug-likeness (QED) is 0.552. The normalized spacial score (nSPS) is 19.1. The van der Waals surface area contributed by atoms with Crippen molar-refractivity contribution in [2.75, 3.05) is 0 Å². The minimum Gasteiger partial charge on any atom is -0.490 e. The van der Waals surface area contributed by atoms with E-state index in [4.69, 9.17) is 20.8 Å². The standard InChI is InChI=1S/C21H16BrClO5/c22-12-5-7-15(18(9-12)27-13-6-4-11(8-13)21(25)26)19-10-17(24)14-2-1-3-16(23)20(14)28-19/h1-3,5,7,9-11,13H,4,6,8H2,(H,25,26)/t11-,13?/m1/s1. The number of para-hydroxylation sites is 1. The summed E-state index contributed by atoms with van der Waals surface area (Å²) in [5, 5.41) is 9.98. The molecule has 1 heterocycles. The molecule has 0 amide bonds. The van der Waals surface area contributed by atoms with Gasteiger partial charge in [0.15, 0.2) is 11.0 Å². The summed E-state index contributed by atoms with van der Waals surface area (Å²) >= 11 is 9.64. The van der Waals surface area contributed by atoms with E-state index in [9.17, 15) is 14.7 Å². The lowest BCUT2D eigenvalue weighted by Gasteiger charge is -2.17. The number of carboxylic acid groups (broad SMARTS) is 1. The van der Waals surface area contributed by atoms with E-state index in [1.54, 1.807) is 30.3 Å². The molecule has 0 radical (unpaired) electrons. The molecular weight excluding hydrogens is 448 g/mol. The largest absolute Gasteiger partial charge is 0.490 e. The van der Waals surface area contributed by atoms with E-state index in [0.29, 0.717) is 52.3 Å². The van der Waals surface area contributed by atoms with E-state index < -0.39 is 11.9 Å². The molecule has 2 atom stereocenters. The van der Waals surface area contributed by atoms with Crippen LogP contribution in [0.5, 0.6) is 5.75 Å². The van der Waals surface area contributed by atoms with Crippen molar-refractivity contribution in [3.63, 3.8) is 0 Å². The van der Waals surface area contributed by atoms with Crippen LogP contribution in [0.3, 0.4) is 0 Å². The maximum atomic E-state index is 12.5. The molecule has 0 bridgehead atoms. The van der Waals surface area contributed by atoms with Crippen molar-refractivity contribution in [3.05, 3.63) is 62.2 Å². The van der Waals surface area contributed by atoms with Gasteiger partial charge in [-0.2, -0.15) is 0 Å². The summed E-state index contributed by atoms with van der Waals surface area (Å²) in [5.74, 6) is -0.311. The number of hydrogen-bond acceptors (Lipinski definition) is 4. The molecule has 7 heteroatoms. The SMILES string of the molecule is O=C(O)[C@@H]1CCC(Oc2cc(Br)ccc2-c2cc(=O)c3cccc(Cl)c3o2)C1. The summed E-state index contributed by atoms with van der Waals surface area (Å²) in [6, 6.07) is 11.9. The average Bonchev–Trinajstić information content (AvgIpc) is 3.11. The Balaban J connectivity index is 1.75. The second-order valence-corrected chi connectivity index (χ2v) is 8.14. The van der Waals surface area contributed by atoms with Crippen LogP contribution in [0.2, 0.25) is 5.02 Å². The number of hydrogen-bond donors (Lipinski definition) is 1. The second kappa shape index (κ2) is 7.60. The number of halogens is 2. The molecule has 4 rings (SSSR count). The van der Waals surface area contributed by atoms with Gasteiger partial charge in [-0.25, -0.2) is 0 Å². The molecule has 3 aromatic rings. The van der Waals surface area contributed by atoms with Crippen molar-refractivity contribution in [1.29, 1.82) is 0 Å². The molecule has 28 heavy (non-hydrogen) atoms. The number of rotatable bonds is 4. The van der Waals surface area contributed by atoms with Crippen molar-refractivity contribution in [1.82, 2.24) is 0 Å². The first-order valence-corrected chi connectivity index (χ1v) is 10.0. The fraction of sp³-hybridized carbons (Fsp3) is 0.238. The maximum absolute atomic E-state index is 12.5. The Morgan fingerprint density at radius 2 is 2.04 bits per heavy atom. The molecule has 1 aliphatic carbocycles. The van der Waals surface area contributed by atoms with Crippen molar-refractivity contribution in [2.45, 2.75) is 25.4 Å². The predicted octanol–water partition coefficient (Wildman–Crippen LogP) is 5.51. The van der Waals surface area contributed by atoms with Gasteiger partial charge in [-0.05, 0) is 49.6 Å². The van der Waals surface area contributed by atoms with Crippen molar-refractivity contribution in [3.8, 4) is 17.1 Å². The van der Waals surface area contributed by atoms with Gasteiger partial charge in [-0.3, -0.25) is 9.59 Å². The second-order valence-electron chi connectivity index (χ2n) is 6.82. The van der Waals surface area contributed by atoms with Crippen LogP contribution in [0.4, 0.5) is 0 Å². The monoisotopic (exact) mass is 462 g/mol. The van der Waals surface area contributed by atoms with Gasteiger partial charge in [0.1, 0.15) is 11.5 Å². The fourth-order valence-corrected chi connectivity index (χ4v) is 4.08. The molecular formula is C21H16BrClO5. The van der Waals surface area contributed by atoms with Crippen LogP contribution in [0.25, 0.3) is 22.3 Å². The Morgan fingerprint density at radius 1 is 1.21 bits per heavy atom. The molecule has 1 saturated carbocycles. The van der Waals surface area contributed by atoms with Crippen LogP contribution < -0.4 is 10.2 Å². The molecule has 1 fully saturated rings. The molecule has 0 aliphatic heterocycles. The summed E-state index contributed by atoms with van der Waals surface area (Å²) in [6.07, 6.45) is 1.50. The molecule has 5 nitrogen and oxygen atoms in total. The van der Waals surface area contributed by atoms with Gasteiger partial charge in [0.2, 0.25) is 0 Å². The Bertz CT molecular complexity index is 1120. The van der Waals surface area contributed by atoms with E-state index in [2.05, 4.69) is 15.9 Å². The first-order valence-electron chi connectivity index (χ1n) is 8.84. The highest BCUT2D eigenvalue weighted by Gasteiger charge is 2.31. The number of fused-ring (bicyclic) bond motifs is 1. The molecule has 1 N–H and O–H groups in total. The van der Waals surface area contributed by atoms with Gasteiger partial charge >= 0.3 is 5.97 Å². The summed E-state index contributed by atoms with van der Waals surface area (Å²) < 4.78 is 12.9. The molecule has 0 spiro atoms. The zero-order valence-corrected chi connectivity index (χ0v) is 17.0. The third-order valence-corrected chi connectivity index (χ3v) is 5.73. The van der Waals surface area contributed by atoms with Gasteiger partial charge in [0.05, 0.1) is 28.0 Å². The third-order valence-electron chi connectivity index (χ3n) is 4.94. The van der Waals surface area contributed by atoms with Gasteiger partial charge in [0, 0.05) is 10.5 Å².